The van der Waals surface area contributed by atoms with Crippen molar-refractivity contribution in [3.05, 3.63) is 41.5 Å². The zero-order chi connectivity index (χ0) is 15.7. The van der Waals surface area contributed by atoms with Crippen molar-refractivity contribution in [3.8, 4) is 11.5 Å². The monoisotopic (exact) mass is 302 g/mol. The van der Waals surface area contributed by atoms with E-state index in [0.29, 0.717) is 6.54 Å². The van der Waals surface area contributed by atoms with Crippen LogP contribution in [-0.2, 0) is 13.0 Å². The van der Waals surface area contributed by atoms with E-state index in [0.717, 1.165) is 35.7 Å². The fraction of sp³-hybridized carbons (Fsp3) is 0.375. The molecule has 2 heterocycles. The van der Waals surface area contributed by atoms with Gasteiger partial charge in [0.05, 0.1) is 14.2 Å². The minimum Gasteiger partial charge on any atom is -0.497 e. The molecule has 1 aliphatic heterocycles. The number of benzene rings is 1. The molecule has 3 rings (SSSR count). The van der Waals surface area contributed by atoms with Crippen molar-refractivity contribution < 1.29 is 19.4 Å². The first-order valence-corrected chi connectivity index (χ1v) is 7.13. The van der Waals surface area contributed by atoms with E-state index >= 15 is 0 Å². The molecule has 0 saturated carbocycles. The van der Waals surface area contributed by atoms with E-state index in [-0.39, 0.29) is 11.6 Å². The summed E-state index contributed by atoms with van der Waals surface area (Å²) >= 11 is 0. The van der Waals surface area contributed by atoms with Crippen LogP contribution < -0.4 is 9.47 Å². The van der Waals surface area contributed by atoms with Gasteiger partial charge < -0.3 is 19.1 Å². The second kappa shape index (κ2) is 5.71. The predicted octanol–water partition coefficient (Wildman–Crippen LogP) is 2.33. The van der Waals surface area contributed by atoms with Crippen molar-refractivity contribution in [2.75, 3.05) is 14.2 Å². The van der Waals surface area contributed by atoms with Crippen LogP contribution in [0.5, 0.6) is 11.5 Å². The highest BCUT2D eigenvalue weighted by atomic mass is 16.5. The average molecular weight is 302 g/mol. The summed E-state index contributed by atoms with van der Waals surface area (Å²) in [5.74, 6) is 1.66. The highest BCUT2D eigenvalue weighted by molar-refractivity contribution is 5.85. The van der Waals surface area contributed by atoms with E-state index in [1.165, 1.54) is 0 Å². The first-order valence-electron chi connectivity index (χ1n) is 7.13. The Labute approximate surface area is 128 Å². The normalized spacial score (nSPS) is 16.9. The number of carbonyl (C=O) groups is 1. The minimum atomic E-state index is -0.985. The van der Waals surface area contributed by atoms with Crippen LogP contribution in [0.3, 0.4) is 0 Å². The maximum atomic E-state index is 11.0. The number of carboxylic acids is 1. The Morgan fingerprint density at radius 3 is 2.55 bits per heavy atom. The van der Waals surface area contributed by atoms with Crippen LogP contribution in [0.1, 0.15) is 34.2 Å². The summed E-state index contributed by atoms with van der Waals surface area (Å²) in [6, 6.07) is 5.86. The van der Waals surface area contributed by atoms with Gasteiger partial charge in [-0.1, -0.05) is 0 Å². The van der Waals surface area contributed by atoms with Crippen LogP contribution >= 0.6 is 0 Å². The smallest absolute Gasteiger partial charge is 0.356 e. The molecule has 1 N–H and O–H groups in total. The number of nitrogens with zero attached hydrogens (tertiary/aromatic N) is 2. The Kier molecular flexibility index (Phi) is 3.75. The first-order chi connectivity index (χ1) is 10.6. The summed E-state index contributed by atoms with van der Waals surface area (Å²) in [5.41, 5.74) is 1.24. The molecule has 2 aromatic rings. The zero-order valence-electron chi connectivity index (χ0n) is 12.6. The van der Waals surface area contributed by atoms with Crippen LogP contribution in [0.15, 0.2) is 24.4 Å². The molecule has 1 aromatic carbocycles. The van der Waals surface area contributed by atoms with Gasteiger partial charge in [-0.05, 0) is 24.1 Å². The Hall–Kier alpha value is -2.50. The fourth-order valence-corrected chi connectivity index (χ4v) is 2.88. The Bertz CT molecular complexity index is 686. The highest BCUT2D eigenvalue weighted by Gasteiger charge is 2.24. The standard InChI is InChI=1S/C16H18N2O4/c1-21-12-5-11(6-13(7-12)22-2)10-3-4-15-17-14(16(19)20)9-18(15)8-10/h5-7,9-10H,3-4,8H2,1-2H3,(H,19,20). The van der Waals surface area contributed by atoms with Gasteiger partial charge in [0.25, 0.3) is 0 Å². The third-order valence-electron chi connectivity index (χ3n) is 4.06. The maximum Gasteiger partial charge on any atom is 0.356 e. The molecule has 0 bridgehead atoms. The van der Waals surface area contributed by atoms with Crippen LogP contribution in [0.2, 0.25) is 0 Å². The second-order valence-electron chi connectivity index (χ2n) is 5.38. The molecule has 6 heteroatoms. The number of hydrogen-bond acceptors (Lipinski definition) is 4. The maximum absolute atomic E-state index is 11.0. The van der Waals surface area contributed by atoms with Gasteiger partial charge in [-0.3, -0.25) is 0 Å². The van der Waals surface area contributed by atoms with Crippen molar-refractivity contribution in [2.45, 2.75) is 25.3 Å². The van der Waals surface area contributed by atoms with Gasteiger partial charge in [-0.25, -0.2) is 9.78 Å². The number of ether oxygens (including phenoxy) is 2. The molecule has 0 amide bonds. The van der Waals surface area contributed by atoms with E-state index in [1.807, 2.05) is 22.8 Å². The SMILES string of the molecule is COc1cc(OC)cc(C2CCc3nc(C(=O)O)cn3C2)c1. The summed E-state index contributed by atoms with van der Waals surface area (Å²) < 4.78 is 12.6. The van der Waals surface area contributed by atoms with Crippen LogP contribution in [0.25, 0.3) is 0 Å². The third kappa shape index (κ3) is 2.64. The topological polar surface area (TPSA) is 73.6 Å². The lowest BCUT2D eigenvalue weighted by atomic mass is 9.91. The van der Waals surface area contributed by atoms with E-state index < -0.39 is 5.97 Å². The van der Waals surface area contributed by atoms with E-state index in [1.54, 1.807) is 20.4 Å². The Morgan fingerprint density at radius 1 is 1.27 bits per heavy atom. The number of aromatic carboxylic acids is 1. The molecule has 1 aromatic heterocycles. The molecule has 0 fully saturated rings. The van der Waals surface area contributed by atoms with Crippen molar-refractivity contribution in [3.63, 3.8) is 0 Å². The lowest BCUT2D eigenvalue weighted by Crippen LogP contribution is -2.18. The number of aryl methyl sites for hydroxylation is 1. The number of hydrogen-bond donors (Lipinski definition) is 1. The molecule has 1 unspecified atom stereocenters. The Balaban J connectivity index is 1.89. The van der Waals surface area contributed by atoms with E-state index in [4.69, 9.17) is 14.6 Å². The zero-order valence-corrected chi connectivity index (χ0v) is 12.6. The summed E-state index contributed by atoms with van der Waals surface area (Å²) in [7, 11) is 3.26. The predicted molar refractivity (Wildman–Crippen MR) is 79.8 cm³/mol. The van der Waals surface area contributed by atoms with Crippen molar-refractivity contribution in [1.29, 1.82) is 0 Å². The van der Waals surface area contributed by atoms with Gasteiger partial charge in [0, 0.05) is 31.1 Å². The second-order valence-corrected chi connectivity index (χ2v) is 5.38. The number of carboxylic acid groups (broad SMARTS) is 1. The van der Waals surface area contributed by atoms with Gasteiger partial charge in [-0.2, -0.15) is 0 Å². The number of imidazole rings is 1. The molecule has 0 radical (unpaired) electrons. The summed E-state index contributed by atoms with van der Waals surface area (Å²) in [4.78, 5) is 15.2. The van der Waals surface area contributed by atoms with Gasteiger partial charge in [0.2, 0.25) is 0 Å². The van der Waals surface area contributed by atoms with Crippen molar-refractivity contribution in [1.82, 2.24) is 9.55 Å². The molecular weight excluding hydrogens is 284 g/mol. The summed E-state index contributed by atoms with van der Waals surface area (Å²) in [6.07, 6.45) is 3.30. The van der Waals surface area contributed by atoms with Gasteiger partial charge in [0.15, 0.2) is 5.69 Å². The fourth-order valence-electron chi connectivity index (χ4n) is 2.88. The quantitative estimate of drug-likeness (QED) is 0.938. The molecule has 1 aliphatic rings. The molecule has 6 nitrogen and oxygen atoms in total. The molecule has 0 spiro atoms. The first kappa shape index (κ1) is 14.4. The molecule has 116 valence electrons. The van der Waals surface area contributed by atoms with E-state index in [2.05, 4.69) is 4.98 Å². The number of rotatable bonds is 4. The number of fused-ring (bicyclic) bond motifs is 1. The molecule has 0 saturated heterocycles. The largest absolute Gasteiger partial charge is 0.497 e. The Morgan fingerprint density at radius 2 is 1.95 bits per heavy atom. The van der Waals surface area contributed by atoms with Crippen molar-refractivity contribution >= 4 is 5.97 Å². The molecule has 0 aliphatic carbocycles. The number of aromatic nitrogens is 2. The number of methoxy groups -OCH3 is 2. The molecule has 1 atom stereocenters. The highest BCUT2D eigenvalue weighted by Crippen LogP contribution is 2.33. The van der Waals surface area contributed by atoms with E-state index in [9.17, 15) is 4.79 Å². The van der Waals surface area contributed by atoms with Crippen molar-refractivity contribution in [2.24, 2.45) is 0 Å². The van der Waals surface area contributed by atoms with Gasteiger partial charge >= 0.3 is 5.97 Å². The minimum absolute atomic E-state index is 0.110. The van der Waals surface area contributed by atoms with Gasteiger partial charge in [0.1, 0.15) is 17.3 Å². The molecule has 22 heavy (non-hydrogen) atoms. The van der Waals surface area contributed by atoms with Crippen LogP contribution in [0, 0.1) is 0 Å². The summed E-state index contributed by atoms with van der Waals surface area (Å²) in [5, 5.41) is 9.04. The lowest BCUT2D eigenvalue weighted by molar-refractivity contribution is 0.0691. The van der Waals surface area contributed by atoms with Crippen LogP contribution in [0.4, 0.5) is 0 Å². The lowest BCUT2D eigenvalue weighted by Gasteiger charge is -2.24. The third-order valence-corrected chi connectivity index (χ3v) is 4.06. The van der Waals surface area contributed by atoms with Crippen LogP contribution in [-0.4, -0.2) is 34.8 Å². The summed E-state index contributed by atoms with van der Waals surface area (Å²) in [6.45, 7) is 0.714. The molecular formula is C16H18N2O4. The average Bonchev–Trinajstić information content (AvgIpc) is 2.97. The van der Waals surface area contributed by atoms with Gasteiger partial charge in [-0.15, -0.1) is 0 Å².